The van der Waals surface area contributed by atoms with Crippen LogP contribution in [0.15, 0.2) is 35.1 Å². The highest BCUT2D eigenvalue weighted by Gasteiger charge is 2.24. The summed E-state index contributed by atoms with van der Waals surface area (Å²) in [6, 6.07) is 8.16. The van der Waals surface area contributed by atoms with Crippen molar-refractivity contribution in [3.63, 3.8) is 0 Å². The number of rotatable bonds is 5. The van der Waals surface area contributed by atoms with Gasteiger partial charge in [-0.2, -0.15) is 0 Å². The van der Waals surface area contributed by atoms with Crippen LogP contribution in [0.4, 0.5) is 11.6 Å². The summed E-state index contributed by atoms with van der Waals surface area (Å²) in [5, 5.41) is 6.70. The topological polar surface area (TPSA) is 59.1 Å². The lowest BCUT2D eigenvalue weighted by atomic mass is 10.1. The SMILES string of the molecule is CCCNc1ncnc(NC2COc3ccccc32)c1Br. The van der Waals surface area contributed by atoms with Gasteiger partial charge in [-0.3, -0.25) is 0 Å². The van der Waals surface area contributed by atoms with Gasteiger partial charge in [0.05, 0.1) is 6.04 Å². The Labute approximate surface area is 132 Å². The van der Waals surface area contributed by atoms with Gasteiger partial charge in [0.1, 0.15) is 34.8 Å². The number of nitrogens with one attached hydrogen (secondary N) is 2. The lowest BCUT2D eigenvalue weighted by Crippen LogP contribution is -2.14. The Morgan fingerprint density at radius 3 is 2.95 bits per heavy atom. The van der Waals surface area contributed by atoms with Gasteiger partial charge in [0.2, 0.25) is 0 Å². The number of hydrogen-bond donors (Lipinski definition) is 2. The van der Waals surface area contributed by atoms with E-state index in [4.69, 9.17) is 4.74 Å². The third-order valence-electron chi connectivity index (χ3n) is 3.34. The largest absolute Gasteiger partial charge is 0.491 e. The fraction of sp³-hybridized carbons (Fsp3) is 0.333. The van der Waals surface area contributed by atoms with Crippen LogP contribution < -0.4 is 15.4 Å². The molecule has 0 radical (unpaired) electrons. The van der Waals surface area contributed by atoms with Crippen LogP contribution in [0.25, 0.3) is 0 Å². The van der Waals surface area contributed by atoms with Crippen molar-refractivity contribution in [3.8, 4) is 5.75 Å². The van der Waals surface area contributed by atoms with Gasteiger partial charge in [-0.1, -0.05) is 25.1 Å². The van der Waals surface area contributed by atoms with Gasteiger partial charge < -0.3 is 15.4 Å². The summed E-state index contributed by atoms with van der Waals surface area (Å²) in [6.45, 7) is 3.60. The molecule has 0 spiro atoms. The van der Waals surface area contributed by atoms with Crippen molar-refractivity contribution in [2.24, 2.45) is 0 Å². The van der Waals surface area contributed by atoms with Crippen LogP contribution in [0.2, 0.25) is 0 Å². The second-order valence-corrected chi connectivity index (χ2v) is 5.65. The van der Waals surface area contributed by atoms with E-state index in [1.54, 1.807) is 6.33 Å². The molecule has 2 heterocycles. The zero-order chi connectivity index (χ0) is 14.7. The molecular formula is C15H17BrN4O. The molecule has 0 amide bonds. The lowest BCUT2D eigenvalue weighted by Gasteiger charge is -2.15. The van der Waals surface area contributed by atoms with Crippen molar-refractivity contribution >= 4 is 27.6 Å². The normalized spacial score (nSPS) is 16.2. The van der Waals surface area contributed by atoms with E-state index in [9.17, 15) is 0 Å². The van der Waals surface area contributed by atoms with Gasteiger partial charge in [-0.15, -0.1) is 0 Å². The number of ether oxygens (including phenoxy) is 1. The van der Waals surface area contributed by atoms with Crippen molar-refractivity contribution in [2.45, 2.75) is 19.4 Å². The molecule has 5 nitrogen and oxygen atoms in total. The Hall–Kier alpha value is -1.82. The summed E-state index contributed by atoms with van der Waals surface area (Å²) in [4.78, 5) is 8.57. The van der Waals surface area contributed by atoms with Gasteiger partial charge in [0.25, 0.3) is 0 Å². The Bertz CT molecular complexity index is 635. The smallest absolute Gasteiger partial charge is 0.146 e. The van der Waals surface area contributed by atoms with Crippen LogP contribution in [0, 0.1) is 0 Å². The summed E-state index contributed by atoms with van der Waals surface area (Å²) in [5.74, 6) is 2.51. The molecule has 21 heavy (non-hydrogen) atoms. The van der Waals surface area contributed by atoms with E-state index < -0.39 is 0 Å². The Morgan fingerprint density at radius 2 is 2.10 bits per heavy atom. The van der Waals surface area contributed by atoms with Crippen LogP contribution in [0.3, 0.4) is 0 Å². The van der Waals surface area contributed by atoms with E-state index in [0.717, 1.165) is 40.4 Å². The average molecular weight is 349 g/mol. The molecule has 1 unspecified atom stereocenters. The van der Waals surface area contributed by atoms with E-state index in [0.29, 0.717) is 6.61 Å². The third-order valence-corrected chi connectivity index (χ3v) is 4.09. The molecule has 1 aromatic heterocycles. The van der Waals surface area contributed by atoms with Crippen LogP contribution in [0.5, 0.6) is 5.75 Å². The molecule has 1 aromatic carbocycles. The highest BCUT2D eigenvalue weighted by Crippen LogP contribution is 2.36. The first-order valence-electron chi connectivity index (χ1n) is 7.02. The highest BCUT2D eigenvalue weighted by molar-refractivity contribution is 9.10. The van der Waals surface area contributed by atoms with Gasteiger partial charge in [0.15, 0.2) is 0 Å². The summed E-state index contributed by atoms with van der Waals surface area (Å²) >= 11 is 3.57. The van der Waals surface area contributed by atoms with E-state index >= 15 is 0 Å². The summed E-state index contributed by atoms with van der Waals surface area (Å²) in [5.41, 5.74) is 1.16. The first-order valence-corrected chi connectivity index (χ1v) is 7.81. The van der Waals surface area contributed by atoms with Crippen molar-refractivity contribution < 1.29 is 4.74 Å². The quantitative estimate of drug-likeness (QED) is 0.864. The minimum absolute atomic E-state index is 0.103. The van der Waals surface area contributed by atoms with Crippen molar-refractivity contribution in [1.29, 1.82) is 0 Å². The predicted octanol–water partition coefficient (Wildman–Crippen LogP) is 3.61. The number of benzene rings is 1. The Morgan fingerprint density at radius 1 is 1.29 bits per heavy atom. The van der Waals surface area contributed by atoms with E-state index in [2.05, 4.69) is 49.5 Å². The monoisotopic (exact) mass is 348 g/mol. The molecule has 0 bridgehead atoms. The molecular weight excluding hydrogens is 332 g/mol. The zero-order valence-electron chi connectivity index (χ0n) is 11.8. The number of para-hydroxylation sites is 1. The van der Waals surface area contributed by atoms with Crippen LogP contribution in [0.1, 0.15) is 24.9 Å². The molecule has 1 atom stereocenters. The second-order valence-electron chi connectivity index (χ2n) is 4.86. The molecule has 3 rings (SSSR count). The molecule has 0 fully saturated rings. The minimum atomic E-state index is 0.103. The molecule has 1 aliphatic rings. The highest BCUT2D eigenvalue weighted by atomic mass is 79.9. The molecule has 2 aromatic rings. The van der Waals surface area contributed by atoms with Crippen molar-refractivity contribution in [3.05, 3.63) is 40.6 Å². The summed E-state index contributed by atoms with van der Waals surface area (Å²) < 4.78 is 6.53. The molecule has 2 N–H and O–H groups in total. The third kappa shape index (κ3) is 2.95. The molecule has 0 saturated carbocycles. The zero-order valence-corrected chi connectivity index (χ0v) is 13.4. The number of nitrogens with zero attached hydrogens (tertiary/aromatic N) is 2. The Kier molecular flexibility index (Phi) is 4.24. The second kappa shape index (κ2) is 6.30. The molecule has 6 heteroatoms. The van der Waals surface area contributed by atoms with Crippen molar-refractivity contribution in [2.75, 3.05) is 23.8 Å². The predicted molar refractivity (Wildman–Crippen MR) is 86.8 cm³/mol. The van der Waals surface area contributed by atoms with Gasteiger partial charge in [-0.05, 0) is 28.4 Å². The summed E-state index contributed by atoms with van der Waals surface area (Å²) in [6.07, 6.45) is 2.61. The van der Waals surface area contributed by atoms with Crippen molar-refractivity contribution in [1.82, 2.24) is 9.97 Å². The van der Waals surface area contributed by atoms with E-state index in [1.165, 1.54) is 0 Å². The maximum atomic E-state index is 5.68. The number of hydrogen-bond acceptors (Lipinski definition) is 5. The van der Waals surface area contributed by atoms with Gasteiger partial charge >= 0.3 is 0 Å². The fourth-order valence-corrected chi connectivity index (χ4v) is 2.74. The van der Waals surface area contributed by atoms with Crippen LogP contribution in [-0.2, 0) is 0 Å². The average Bonchev–Trinajstić information content (AvgIpc) is 2.91. The number of fused-ring (bicyclic) bond motifs is 1. The van der Waals surface area contributed by atoms with Gasteiger partial charge in [0, 0.05) is 12.1 Å². The maximum Gasteiger partial charge on any atom is 0.146 e. The van der Waals surface area contributed by atoms with Gasteiger partial charge in [-0.25, -0.2) is 9.97 Å². The van der Waals surface area contributed by atoms with E-state index in [-0.39, 0.29) is 6.04 Å². The minimum Gasteiger partial charge on any atom is -0.491 e. The molecule has 110 valence electrons. The maximum absolute atomic E-state index is 5.68. The number of aromatic nitrogens is 2. The first-order chi connectivity index (χ1) is 10.3. The molecule has 1 aliphatic heterocycles. The number of anilines is 2. The standard InChI is InChI=1S/C15H17BrN4O/c1-2-7-17-14-13(16)15(19-9-18-14)20-11-8-21-12-6-4-3-5-10(11)12/h3-6,9,11H,2,7-8H2,1H3,(H2,17,18,19,20). The lowest BCUT2D eigenvalue weighted by molar-refractivity contribution is 0.339. The van der Waals surface area contributed by atoms with E-state index in [1.807, 2.05) is 18.2 Å². The number of halogens is 1. The summed E-state index contributed by atoms with van der Waals surface area (Å²) in [7, 11) is 0. The first kappa shape index (κ1) is 14.1. The molecule has 0 aliphatic carbocycles. The Balaban J connectivity index is 1.80. The fourth-order valence-electron chi connectivity index (χ4n) is 2.28. The molecule has 0 saturated heterocycles. The van der Waals surface area contributed by atoms with Crippen LogP contribution in [-0.4, -0.2) is 23.1 Å². The van der Waals surface area contributed by atoms with Crippen LogP contribution >= 0.6 is 15.9 Å².